The van der Waals surface area contributed by atoms with E-state index >= 15 is 0 Å². The van der Waals surface area contributed by atoms with Crippen LogP contribution in [0.1, 0.15) is 25.0 Å². The van der Waals surface area contributed by atoms with E-state index in [0.29, 0.717) is 5.92 Å². The Labute approximate surface area is 101 Å². The molecule has 0 aliphatic carbocycles. The monoisotopic (exact) mass is 229 g/mol. The number of aliphatic carboxylic acids is 1. The number of nitriles is 1. The van der Waals surface area contributed by atoms with Crippen molar-refractivity contribution in [2.45, 2.75) is 20.3 Å². The van der Waals surface area contributed by atoms with E-state index in [9.17, 15) is 4.79 Å². The van der Waals surface area contributed by atoms with Crippen molar-refractivity contribution in [3.63, 3.8) is 0 Å². The largest absolute Gasteiger partial charge is 0.477 e. The fourth-order valence-corrected chi connectivity index (χ4v) is 1.53. The second kappa shape index (κ2) is 5.86. The van der Waals surface area contributed by atoms with Gasteiger partial charge in [-0.15, -0.1) is 0 Å². The van der Waals surface area contributed by atoms with Gasteiger partial charge in [0.2, 0.25) is 0 Å². The number of rotatable bonds is 4. The Hall–Kier alpha value is -2.08. The molecule has 0 unspecified atom stereocenters. The predicted molar refractivity (Wildman–Crippen MR) is 66.2 cm³/mol. The van der Waals surface area contributed by atoms with Crippen molar-refractivity contribution in [3.8, 4) is 6.07 Å². The number of carbonyl (C=O) groups is 1. The highest BCUT2D eigenvalue weighted by atomic mass is 16.4. The van der Waals surface area contributed by atoms with Gasteiger partial charge in [-0.25, -0.2) is 4.79 Å². The lowest BCUT2D eigenvalue weighted by Gasteiger charge is -2.04. The van der Waals surface area contributed by atoms with Crippen molar-refractivity contribution in [1.82, 2.24) is 0 Å². The van der Waals surface area contributed by atoms with Gasteiger partial charge in [0, 0.05) is 0 Å². The fraction of sp³-hybridized carbons (Fsp3) is 0.286. The van der Waals surface area contributed by atoms with E-state index in [-0.39, 0.29) is 5.57 Å². The van der Waals surface area contributed by atoms with Gasteiger partial charge in [0.05, 0.1) is 0 Å². The summed E-state index contributed by atoms with van der Waals surface area (Å²) in [6.07, 6.45) is 2.37. The van der Waals surface area contributed by atoms with Crippen molar-refractivity contribution in [2.24, 2.45) is 5.92 Å². The molecule has 0 atom stereocenters. The van der Waals surface area contributed by atoms with E-state index in [1.807, 2.05) is 24.3 Å². The summed E-state index contributed by atoms with van der Waals surface area (Å²) >= 11 is 0. The van der Waals surface area contributed by atoms with Gasteiger partial charge in [-0.05, 0) is 29.5 Å². The first-order valence-electron chi connectivity index (χ1n) is 5.47. The van der Waals surface area contributed by atoms with E-state index in [0.717, 1.165) is 12.0 Å². The highest BCUT2D eigenvalue weighted by Crippen LogP contribution is 2.12. The maximum atomic E-state index is 10.7. The molecule has 3 nitrogen and oxygen atoms in total. The second-order valence-electron chi connectivity index (χ2n) is 4.31. The minimum Gasteiger partial charge on any atom is -0.477 e. The number of nitrogens with zero attached hydrogens (tertiary/aromatic N) is 1. The van der Waals surface area contributed by atoms with Crippen LogP contribution in [0.15, 0.2) is 29.8 Å². The van der Waals surface area contributed by atoms with Gasteiger partial charge < -0.3 is 5.11 Å². The van der Waals surface area contributed by atoms with Crippen LogP contribution in [0.4, 0.5) is 0 Å². The third-order valence-electron chi connectivity index (χ3n) is 2.29. The van der Waals surface area contributed by atoms with Gasteiger partial charge in [0.1, 0.15) is 11.6 Å². The average Bonchev–Trinajstić information content (AvgIpc) is 2.26. The Morgan fingerprint density at radius 1 is 1.41 bits per heavy atom. The van der Waals surface area contributed by atoms with Crippen LogP contribution in [0, 0.1) is 17.2 Å². The predicted octanol–water partition coefficient (Wildman–Crippen LogP) is 2.88. The maximum Gasteiger partial charge on any atom is 0.346 e. The van der Waals surface area contributed by atoms with Gasteiger partial charge in [-0.1, -0.05) is 38.1 Å². The number of hydrogen-bond donors (Lipinski definition) is 1. The molecule has 1 N–H and O–H groups in total. The smallest absolute Gasteiger partial charge is 0.346 e. The van der Waals surface area contributed by atoms with Crippen molar-refractivity contribution in [3.05, 3.63) is 41.0 Å². The summed E-state index contributed by atoms with van der Waals surface area (Å²) in [5, 5.41) is 17.3. The lowest BCUT2D eigenvalue weighted by molar-refractivity contribution is -0.132. The zero-order chi connectivity index (χ0) is 12.8. The first kappa shape index (κ1) is 13.0. The van der Waals surface area contributed by atoms with E-state index < -0.39 is 5.97 Å². The number of benzene rings is 1. The molecule has 17 heavy (non-hydrogen) atoms. The van der Waals surface area contributed by atoms with E-state index in [2.05, 4.69) is 13.8 Å². The van der Waals surface area contributed by atoms with Crippen LogP contribution in [0.5, 0.6) is 0 Å². The van der Waals surface area contributed by atoms with Crippen LogP contribution in [0.25, 0.3) is 6.08 Å². The molecule has 0 bridgehead atoms. The number of carboxylic acid groups (broad SMARTS) is 1. The van der Waals surface area contributed by atoms with E-state index in [1.54, 1.807) is 6.07 Å². The number of hydrogen-bond acceptors (Lipinski definition) is 2. The summed E-state index contributed by atoms with van der Waals surface area (Å²) in [7, 11) is 0. The van der Waals surface area contributed by atoms with Gasteiger partial charge in [-0.2, -0.15) is 5.26 Å². The van der Waals surface area contributed by atoms with Gasteiger partial charge >= 0.3 is 5.97 Å². The Balaban J connectivity index is 2.88. The van der Waals surface area contributed by atoms with Crippen LogP contribution < -0.4 is 0 Å². The summed E-state index contributed by atoms with van der Waals surface area (Å²) in [6.45, 7) is 4.29. The summed E-state index contributed by atoms with van der Waals surface area (Å²) in [6, 6.07) is 9.24. The van der Waals surface area contributed by atoms with Crippen LogP contribution in [0.3, 0.4) is 0 Å². The molecule has 1 aromatic rings. The van der Waals surface area contributed by atoms with E-state index in [1.165, 1.54) is 11.6 Å². The van der Waals surface area contributed by atoms with Gasteiger partial charge in [-0.3, -0.25) is 0 Å². The minimum absolute atomic E-state index is 0.249. The van der Waals surface area contributed by atoms with Crippen LogP contribution in [-0.2, 0) is 11.2 Å². The molecule has 0 fully saturated rings. The Bertz CT molecular complexity index is 464. The van der Waals surface area contributed by atoms with Crippen LogP contribution >= 0.6 is 0 Å². The maximum absolute atomic E-state index is 10.7. The molecular formula is C14H15NO2. The third-order valence-corrected chi connectivity index (χ3v) is 2.29. The molecule has 0 amide bonds. The highest BCUT2D eigenvalue weighted by Gasteiger charge is 2.05. The average molecular weight is 229 g/mol. The zero-order valence-corrected chi connectivity index (χ0v) is 9.97. The SMILES string of the molecule is CC(C)Cc1ccc(C=C(C#N)C(=O)O)cc1. The topological polar surface area (TPSA) is 61.1 Å². The minimum atomic E-state index is -1.20. The molecule has 88 valence electrons. The molecule has 1 aromatic carbocycles. The highest BCUT2D eigenvalue weighted by molar-refractivity contribution is 5.96. The zero-order valence-electron chi connectivity index (χ0n) is 9.97. The number of carboxylic acids is 1. The van der Waals surface area contributed by atoms with Gasteiger partial charge in [0.25, 0.3) is 0 Å². The summed E-state index contributed by atoms with van der Waals surface area (Å²) in [5.74, 6) is -0.608. The standard InChI is InChI=1S/C14H15NO2/c1-10(2)7-11-3-5-12(6-4-11)8-13(9-15)14(16)17/h3-6,8,10H,7H2,1-2H3,(H,16,17). The molecule has 3 heteroatoms. The van der Waals surface area contributed by atoms with Gasteiger partial charge in [0.15, 0.2) is 0 Å². The molecular weight excluding hydrogens is 214 g/mol. The molecule has 0 saturated heterocycles. The van der Waals surface area contributed by atoms with Crippen LogP contribution in [-0.4, -0.2) is 11.1 Å². The lowest BCUT2D eigenvalue weighted by atomic mass is 10.0. The molecule has 0 aliphatic rings. The van der Waals surface area contributed by atoms with Crippen LogP contribution in [0.2, 0.25) is 0 Å². The molecule has 1 rings (SSSR count). The molecule has 0 heterocycles. The fourth-order valence-electron chi connectivity index (χ4n) is 1.53. The van der Waals surface area contributed by atoms with Crippen molar-refractivity contribution in [1.29, 1.82) is 5.26 Å². The molecule has 0 aliphatic heterocycles. The van der Waals surface area contributed by atoms with Crippen molar-refractivity contribution < 1.29 is 9.90 Å². The second-order valence-corrected chi connectivity index (χ2v) is 4.31. The molecule has 0 saturated carbocycles. The Morgan fingerprint density at radius 3 is 2.41 bits per heavy atom. The molecule has 0 spiro atoms. The van der Waals surface area contributed by atoms with E-state index in [4.69, 9.17) is 10.4 Å². The first-order chi connectivity index (χ1) is 8.02. The molecule has 0 aromatic heterocycles. The summed E-state index contributed by atoms with van der Waals surface area (Å²) in [5.41, 5.74) is 1.70. The first-order valence-corrected chi connectivity index (χ1v) is 5.47. The Kier molecular flexibility index (Phi) is 4.47. The lowest BCUT2D eigenvalue weighted by Crippen LogP contribution is -1.97. The quantitative estimate of drug-likeness (QED) is 0.638. The van der Waals surface area contributed by atoms with Crippen molar-refractivity contribution >= 4 is 12.0 Å². The third kappa shape index (κ3) is 4.12. The normalized spacial score (nSPS) is 11.3. The van der Waals surface area contributed by atoms with Crippen molar-refractivity contribution in [2.75, 3.05) is 0 Å². The molecule has 0 radical (unpaired) electrons. The summed E-state index contributed by atoms with van der Waals surface area (Å²) < 4.78 is 0. The summed E-state index contributed by atoms with van der Waals surface area (Å²) in [4.78, 5) is 10.7. The Morgan fingerprint density at radius 2 is 2.00 bits per heavy atom.